The predicted octanol–water partition coefficient (Wildman–Crippen LogP) is 2.46. The van der Waals surface area contributed by atoms with Crippen LogP contribution in [0.1, 0.15) is 39.5 Å². The summed E-state index contributed by atoms with van der Waals surface area (Å²) in [4.78, 5) is 15.4. The second-order valence-electron chi connectivity index (χ2n) is 5.29. The SMILES string of the molecule is CC(C)C/C1=C/CCC(C(=O)O)CCNC=NC1. The van der Waals surface area contributed by atoms with Gasteiger partial charge in [0.1, 0.15) is 0 Å². The van der Waals surface area contributed by atoms with Crippen molar-refractivity contribution < 1.29 is 9.90 Å². The Bertz CT molecular complexity index is 322. The van der Waals surface area contributed by atoms with Crippen molar-refractivity contribution in [1.82, 2.24) is 5.32 Å². The summed E-state index contributed by atoms with van der Waals surface area (Å²) in [5.74, 6) is -0.327. The molecule has 1 heterocycles. The molecule has 4 heteroatoms. The average Bonchev–Trinajstić information content (AvgIpc) is 2.33. The molecule has 0 spiro atoms. The Hall–Kier alpha value is -1.32. The molecule has 0 fully saturated rings. The summed E-state index contributed by atoms with van der Waals surface area (Å²) in [5, 5.41) is 12.2. The van der Waals surface area contributed by atoms with E-state index in [2.05, 4.69) is 30.2 Å². The largest absolute Gasteiger partial charge is 0.481 e. The van der Waals surface area contributed by atoms with E-state index in [0.29, 0.717) is 18.9 Å². The Kier molecular flexibility index (Phi) is 6.47. The van der Waals surface area contributed by atoms with Crippen LogP contribution < -0.4 is 5.32 Å². The molecule has 0 saturated heterocycles. The van der Waals surface area contributed by atoms with Gasteiger partial charge >= 0.3 is 5.97 Å². The lowest BCUT2D eigenvalue weighted by atomic mass is 9.97. The Balaban J connectivity index is 2.64. The number of carbonyl (C=O) groups is 1. The van der Waals surface area contributed by atoms with Crippen molar-refractivity contribution in [2.75, 3.05) is 13.1 Å². The molecular weight excluding hydrogens is 228 g/mol. The van der Waals surface area contributed by atoms with E-state index in [1.54, 1.807) is 6.34 Å². The molecular formula is C14H24N2O2. The highest BCUT2D eigenvalue weighted by Crippen LogP contribution is 2.16. The van der Waals surface area contributed by atoms with Crippen molar-refractivity contribution in [2.24, 2.45) is 16.8 Å². The van der Waals surface area contributed by atoms with Gasteiger partial charge in [-0.3, -0.25) is 9.79 Å². The van der Waals surface area contributed by atoms with Gasteiger partial charge in [-0.15, -0.1) is 0 Å². The third kappa shape index (κ3) is 5.84. The molecule has 1 aliphatic rings. The summed E-state index contributed by atoms with van der Waals surface area (Å²) in [6, 6.07) is 0. The molecule has 18 heavy (non-hydrogen) atoms. The minimum Gasteiger partial charge on any atom is -0.481 e. The average molecular weight is 252 g/mol. The highest BCUT2D eigenvalue weighted by Gasteiger charge is 2.16. The minimum atomic E-state index is -0.688. The summed E-state index contributed by atoms with van der Waals surface area (Å²) < 4.78 is 0. The van der Waals surface area contributed by atoms with Gasteiger partial charge in [-0.05, 0) is 31.6 Å². The Morgan fingerprint density at radius 1 is 1.56 bits per heavy atom. The van der Waals surface area contributed by atoms with Crippen molar-refractivity contribution in [3.05, 3.63) is 11.6 Å². The third-order valence-corrected chi connectivity index (χ3v) is 3.08. The molecule has 1 atom stereocenters. The van der Waals surface area contributed by atoms with Crippen LogP contribution in [0, 0.1) is 11.8 Å². The minimum absolute atomic E-state index is 0.249. The zero-order valence-corrected chi connectivity index (χ0v) is 11.4. The summed E-state index contributed by atoms with van der Waals surface area (Å²) in [6.07, 6.45) is 7.15. The molecule has 0 radical (unpaired) electrons. The van der Waals surface area contributed by atoms with Crippen LogP contribution in [0.25, 0.3) is 0 Å². The van der Waals surface area contributed by atoms with E-state index in [-0.39, 0.29) is 5.92 Å². The number of hydrogen-bond acceptors (Lipinski definition) is 3. The lowest BCUT2D eigenvalue weighted by Crippen LogP contribution is -2.21. The fourth-order valence-electron chi connectivity index (χ4n) is 2.17. The number of nitrogens with zero attached hydrogens (tertiary/aromatic N) is 1. The quantitative estimate of drug-likeness (QED) is 0.758. The molecule has 0 aromatic rings. The molecule has 102 valence electrons. The van der Waals surface area contributed by atoms with Gasteiger partial charge in [0.05, 0.1) is 18.8 Å². The van der Waals surface area contributed by atoms with Crippen LogP contribution in [0.2, 0.25) is 0 Å². The number of nitrogens with one attached hydrogen (secondary N) is 1. The maximum Gasteiger partial charge on any atom is 0.306 e. The van der Waals surface area contributed by atoms with Gasteiger partial charge in [0, 0.05) is 6.54 Å². The summed E-state index contributed by atoms with van der Waals surface area (Å²) in [5.41, 5.74) is 1.31. The first kappa shape index (κ1) is 14.7. The van der Waals surface area contributed by atoms with E-state index < -0.39 is 5.97 Å². The van der Waals surface area contributed by atoms with Gasteiger partial charge in [0.15, 0.2) is 0 Å². The molecule has 1 unspecified atom stereocenters. The van der Waals surface area contributed by atoms with Crippen LogP contribution in [-0.2, 0) is 4.79 Å². The van der Waals surface area contributed by atoms with Crippen LogP contribution in [-0.4, -0.2) is 30.5 Å². The maximum atomic E-state index is 11.1. The molecule has 0 aliphatic carbocycles. The van der Waals surface area contributed by atoms with Crippen molar-refractivity contribution in [2.45, 2.75) is 39.5 Å². The Morgan fingerprint density at radius 2 is 2.33 bits per heavy atom. The highest BCUT2D eigenvalue weighted by molar-refractivity contribution is 5.70. The molecule has 0 aromatic carbocycles. The van der Waals surface area contributed by atoms with Crippen molar-refractivity contribution in [3.8, 4) is 0 Å². The van der Waals surface area contributed by atoms with Gasteiger partial charge in [-0.25, -0.2) is 0 Å². The van der Waals surface area contributed by atoms with Crippen molar-refractivity contribution in [1.29, 1.82) is 0 Å². The first-order valence-corrected chi connectivity index (χ1v) is 6.72. The number of rotatable bonds is 3. The molecule has 2 N–H and O–H groups in total. The van der Waals surface area contributed by atoms with Gasteiger partial charge in [-0.2, -0.15) is 0 Å². The van der Waals surface area contributed by atoms with E-state index in [9.17, 15) is 4.79 Å². The van der Waals surface area contributed by atoms with Crippen LogP contribution in [0.5, 0.6) is 0 Å². The number of carboxylic acids is 1. The first-order valence-electron chi connectivity index (χ1n) is 6.72. The standard InChI is InChI=1S/C14H24N2O2/c1-11(2)8-12-4-3-5-13(14(17)18)6-7-15-10-16-9-12/h4,10-11,13H,3,5-9H2,1-2H3,(H,15,16)(H,17,18)/b12-4-. The van der Waals surface area contributed by atoms with Crippen molar-refractivity contribution in [3.63, 3.8) is 0 Å². The lowest BCUT2D eigenvalue weighted by Gasteiger charge is -2.11. The molecule has 0 bridgehead atoms. The predicted molar refractivity (Wildman–Crippen MR) is 73.9 cm³/mol. The Labute approximate surface area is 109 Å². The second kappa shape index (κ2) is 7.90. The number of hydrogen-bond donors (Lipinski definition) is 2. The summed E-state index contributed by atoms with van der Waals surface area (Å²) >= 11 is 0. The molecule has 0 saturated carbocycles. The summed E-state index contributed by atoms with van der Waals surface area (Å²) in [6.45, 7) is 5.78. The summed E-state index contributed by atoms with van der Waals surface area (Å²) in [7, 11) is 0. The molecule has 4 nitrogen and oxygen atoms in total. The van der Waals surface area contributed by atoms with Gasteiger partial charge in [0.25, 0.3) is 0 Å². The second-order valence-corrected chi connectivity index (χ2v) is 5.29. The molecule has 1 rings (SSSR count). The number of allylic oxidation sites excluding steroid dienone is 1. The molecule has 0 aromatic heterocycles. The van der Waals surface area contributed by atoms with E-state index in [0.717, 1.165) is 25.8 Å². The zero-order valence-electron chi connectivity index (χ0n) is 11.4. The van der Waals surface area contributed by atoms with E-state index in [1.807, 2.05) is 0 Å². The fraction of sp³-hybridized carbons (Fsp3) is 0.714. The number of aliphatic imine (C=N–C) groups is 1. The van der Waals surface area contributed by atoms with Gasteiger partial charge in [-0.1, -0.05) is 25.5 Å². The Morgan fingerprint density at radius 3 is 3.00 bits per heavy atom. The fourth-order valence-corrected chi connectivity index (χ4v) is 2.17. The third-order valence-electron chi connectivity index (χ3n) is 3.08. The van der Waals surface area contributed by atoms with Crippen molar-refractivity contribution >= 4 is 12.3 Å². The number of carboxylic acid groups (broad SMARTS) is 1. The van der Waals surface area contributed by atoms with Crippen LogP contribution in [0.15, 0.2) is 16.6 Å². The zero-order chi connectivity index (χ0) is 13.4. The normalized spacial score (nSPS) is 24.8. The van der Waals surface area contributed by atoms with E-state index in [1.165, 1.54) is 5.57 Å². The smallest absolute Gasteiger partial charge is 0.306 e. The maximum absolute atomic E-state index is 11.1. The number of aliphatic carboxylic acids is 1. The van der Waals surface area contributed by atoms with E-state index in [4.69, 9.17) is 5.11 Å². The molecule has 0 amide bonds. The van der Waals surface area contributed by atoms with Gasteiger partial charge < -0.3 is 10.4 Å². The van der Waals surface area contributed by atoms with Crippen LogP contribution in [0.4, 0.5) is 0 Å². The van der Waals surface area contributed by atoms with Crippen LogP contribution >= 0.6 is 0 Å². The highest BCUT2D eigenvalue weighted by atomic mass is 16.4. The van der Waals surface area contributed by atoms with Gasteiger partial charge in [0.2, 0.25) is 0 Å². The lowest BCUT2D eigenvalue weighted by molar-refractivity contribution is -0.142. The topological polar surface area (TPSA) is 61.7 Å². The molecule has 1 aliphatic heterocycles. The van der Waals surface area contributed by atoms with E-state index >= 15 is 0 Å². The first-order chi connectivity index (χ1) is 8.59. The monoisotopic (exact) mass is 252 g/mol. The van der Waals surface area contributed by atoms with Crippen LogP contribution in [0.3, 0.4) is 0 Å².